The predicted octanol–water partition coefficient (Wildman–Crippen LogP) is 14.3. The lowest BCUT2D eigenvalue weighted by atomic mass is 9.88. The number of para-hydroxylation sites is 3. The third kappa shape index (κ3) is 6.84. The Balaban J connectivity index is 1.19. The summed E-state index contributed by atoms with van der Waals surface area (Å²) in [5, 5.41) is 2.01. The lowest BCUT2D eigenvalue weighted by molar-refractivity contribution is -0.570. The van der Waals surface area contributed by atoms with Gasteiger partial charge in [0.05, 0.1) is 54.0 Å². The van der Waals surface area contributed by atoms with Crippen LogP contribution in [-0.2, 0) is 5.41 Å². The Morgan fingerprint density at radius 1 is 0.556 bits per heavy atom. The van der Waals surface area contributed by atoms with Crippen LogP contribution in [0.1, 0.15) is 46.9 Å². The molecule has 8 aromatic carbocycles. The second-order valence-corrected chi connectivity index (χ2v) is 15.9. The quantitative estimate of drug-likeness (QED) is 0.113. The Morgan fingerprint density at radius 2 is 1.14 bits per heavy atom. The number of rotatable bonds is 8. The van der Waals surface area contributed by atoms with E-state index < -0.39 is 90.6 Å². The summed E-state index contributed by atoms with van der Waals surface area (Å²) in [6.07, 6.45) is 5.18. The Bertz CT molecular complexity index is 4200. The SMILES string of the molecule is [2H]c1c([2H])c([2H])c(-c2cccc(-c3c([2H])c([2H])c([2H])c([2H])c3[2H])c2-[n+]2[c-]n(-c3cccc(Oc4ccc5c6ccccc6n(-c6cc(C(C)(C)C)ccn6)c5c4)c3)c3cccc(-c4c([2H])c([2H])c([2H])c([2H])c4[2H])c32)c([2H])c1[2H]. The predicted molar refractivity (Wildman–Crippen MR) is 257 cm³/mol. The number of pyridine rings is 1. The molecule has 0 N–H and O–H groups in total. The molecule has 5 nitrogen and oxygen atoms in total. The summed E-state index contributed by atoms with van der Waals surface area (Å²) in [5.41, 5.74) is 2.77. The maximum atomic E-state index is 9.18. The molecule has 63 heavy (non-hydrogen) atoms. The van der Waals surface area contributed by atoms with E-state index in [9.17, 15) is 5.48 Å². The molecule has 0 atom stereocenters. The first-order valence-electron chi connectivity index (χ1n) is 27.7. The second-order valence-electron chi connectivity index (χ2n) is 15.9. The van der Waals surface area contributed by atoms with Gasteiger partial charge in [0, 0.05) is 23.0 Å². The van der Waals surface area contributed by atoms with Crippen LogP contribution < -0.4 is 9.30 Å². The van der Waals surface area contributed by atoms with Crippen LogP contribution in [0.25, 0.3) is 83.4 Å². The topological polar surface area (TPSA) is 35.9 Å². The van der Waals surface area contributed by atoms with Crippen molar-refractivity contribution in [3.8, 4) is 62.1 Å². The van der Waals surface area contributed by atoms with Crippen molar-refractivity contribution >= 4 is 32.8 Å². The molecule has 0 amide bonds. The van der Waals surface area contributed by atoms with Gasteiger partial charge >= 0.3 is 0 Å². The lowest BCUT2D eigenvalue weighted by Gasteiger charge is -2.20. The smallest absolute Gasteiger partial charge is 0.269 e. The van der Waals surface area contributed by atoms with Gasteiger partial charge < -0.3 is 4.74 Å². The number of hydrogen-bond donors (Lipinski definition) is 0. The van der Waals surface area contributed by atoms with Gasteiger partial charge in [-0.2, -0.15) is 0 Å². The largest absolute Gasteiger partial charge is 0.458 e. The van der Waals surface area contributed by atoms with E-state index in [1.54, 1.807) is 47.0 Å². The summed E-state index contributed by atoms with van der Waals surface area (Å²) < 4.78 is 144. The molecule has 0 saturated carbocycles. The van der Waals surface area contributed by atoms with Crippen LogP contribution in [0.5, 0.6) is 11.5 Å². The molecule has 5 heteroatoms. The average molecular weight is 828 g/mol. The van der Waals surface area contributed by atoms with Crippen molar-refractivity contribution in [2.75, 3.05) is 0 Å². The van der Waals surface area contributed by atoms with Gasteiger partial charge in [-0.1, -0.05) is 172 Å². The standard InChI is InChI=1S/C58H44N4O/c1-58(2,3)43-34-35-59-55(36-43)62-52-30-14-13-26-50(52)51-33-32-46(38-54(51)62)63-45-25-15-24-44(37-45)60-39-61(57-49(29-17-31-53(57)60)42-22-11-6-12-23-42)56-47(40-18-7-4-8-19-40)27-16-28-48(56)41-20-9-5-10-21-41/h4-38H,1-3H3/i4D,5D,6D,7D,8D,9D,10D,11D,12D,18D,19D,20D,21D,22D,23D. The molecule has 3 aromatic heterocycles. The van der Waals surface area contributed by atoms with E-state index in [0.717, 1.165) is 33.2 Å². The van der Waals surface area contributed by atoms with Crippen LogP contribution in [-0.4, -0.2) is 14.1 Å². The molecule has 0 aliphatic carbocycles. The Hall–Kier alpha value is -8.02. The Kier molecular flexibility index (Phi) is 6.15. The van der Waals surface area contributed by atoms with Crippen LogP contribution in [0, 0.1) is 6.33 Å². The summed E-state index contributed by atoms with van der Waals surface area (Å²) in [6, 6.07) is 25.0. The minimum Gasteiger partial charge on any atom is -0.458 e. The Morgan fingerprint density at radius 3 is 1.84 bits per heavy atom. The minimum atomic E-state index is -0.663. The van der Waals surface area contributed by atoms with Crippen LogP contribution in [0.3, 0.4) is 0 Å². The van der Waals surface area contributed by atoms with E-state index in [1.165, 1.54) is 22.8 Å². The molecule has 0 spiro atoms. The third-order valence-electron chi connectivity index (χ3n) is 11.0. The van der Waals surface area contributed by atoms with Crippen molar-refractivity contribution in [1.29, 1.82) is 0 Å². The zero-order valence-electron chi connectivity index (χ0n) is 49.2. The number of hydrogen-bond acceptors (Lipinski definition) is 2. The maximum absolute atomic E-state index is 9.18. The summed E-state index contributed by atoms with van der Waals surface area (Å²) in [4.78, 5) is 4.82. The van der Waals surface area contributed by atoms with E-state index in [1.807, 2.05) is 48.7 Å². The molecular weight excluding hydrogens is 769 g/mol. The van der Waals surface area contributed by atoms with Gasteiger partial charge in [0.1, 0.15) is 17.3 Å². The van der Waals surface area contributed by atoms with Gasteiger partial charge in [-0.25, -0.2) is 4.98 Å². The molecule has 302 valence electrons. The van der Waals surface area contributed by atoms with Crippen molar-refractivity contribution in [3.05, 3.63) is 224 Å². The minimum absolute atomic E-state index is 0.0438. The molecular formula is C58H44N4O. The number of imidazole rings is 1. The molecule has 0 radical (unpaired) electrons. The molecule has 0 saturated heterocycles. The van der Waals surface area contributed by atoms with E-state index in [-0.39, 0.29) is 50.0 Å². The number of aromatic nitrogens is 4. The molecule has 0 aliphatic rings. The highest BCUT2D eigenvalue weighted by Crippen LogP contribution is 2.39. The summed E-state index contributed by atoms with van der Waals surface area (Å²) in [7, 11) is 0. The fourth-order valence-electron chi connectivity index (χ4n) is 8.14. The van der Waals surface area contributed by atoms with Gasteiger partial charge in [-0.15, -0.1) is 0 Å². The number of benzene rings is 8. The van der Waals surface area contributed by atoms with Crippen LogP contribution in [0.2, 0.25) is 0 Å². The van der Waals surface area contributed by atoms with Crippen molar-refractivity contribution in [1.82, 2.24) is 14.1 Å². The highest BCUT2D eigenvalue weighted by atomic mass is 16.5. The summed E-state index contributed by atoms with van der Waals surface area (Å²) in [5.74, 6) is 1.61. The second kappa shape index (κ2) is 15.5. The van der Waals surface area contributed by atoms with Gasteiger partial charge in [0.25, 0.3) is 6.33 Å². The highest BCUT2D eigenvalue weighted by Gasteiger charge is 2.23. The van der Waals surface area contributed by atoms with Gasteiger partial charge in [-0.05, 0) is 92.9 Å². The summed E-state index contributed by atoms with van der Waals surface area (Å²) >= 11 is 0. The lowest BCUT2D eigenvalue weighted by Crippen LogP contribution is -2.32. The molecule has 0 bridgehead atoms. The number of nitrogens with zero attached hydrogens (tertiary/aromatic N) is 4. The number of ether oxygens (including phenoxy) is 1. The zero-order chi connectivity index (χ0) is 55.5. The monoisotopic (exact) mass is 827 g/mol. The van der Waals surface area contributed by atoms with Crippen LogP contribution in [0.4, 0.5) is 0 Å². The fourth-order valence-corrected chi connectivity index (χ4v) is 8.14. The molecule has 11 rings (SSSR count). The molecule has 0 unspecified atom stereocenters. The fraction of sp³-hybridized carbons (Fsp3) is 0.0690. The first kappa shape index (κ1) is 25.0. The van der Waals surface area contributed by atoms with Crippen molar-refractivity contribution in [3.63, 3.8) is 0 Å². The van der Waals surface area contributed by atoms with Crippen LogP contribution >= 0.6 is 0 Å². The van der Waals surface area contributed by atoms with E-state index in [4.69, 9.17) is 24.8 Å². The van der Waals surface area contributed by atoms with Gasteiger partial charge in [0.15, 0.2) is 0 Å². The van der Waals surface area contributed by atoms with E-state index in [2.05, 4.69) is 43.8 Å². The first-order chi connectivity index (χ1) is 37.1. The van der Waals surface area contributed by atoms with Gasteiger partial charge in [-0.3, -0.25) is 13.7 Å². The molecule has 11 aromatic rings. The maximum Gasteiger partial charge on any atom is 0.269 e. The van der Waals surface area contributed by atoms with E-state index in [0.29, 0.717) is 22.7 Å². The van der Waals surface area contributed by atoms with E-state index >= 15 is 0 Å². The van der Waals surface area contributed by atoms with Crippen molar-refractivity contribution in [2.24, 2.45) is 0 Å². The molecule has 0 fully saturated rings. The molecule has 0 aliphatic heterocycles. The molecule has 3 heterocycles. The normalized spacial score (nSPS) is 15.1. The summed E-state index contributed by atoms with van der Waals surface area (Å²) in [6.45, 7) is 6.45. The average Bonchev–Trinajstić information content (AvgIpc) is 3.88. The van der Waals surface area contributed by atoms with Gasteiger partial charge in [0.2, 0.25) is 0 Å². The van der Waals surface area contributed by atoms with Crippen LogP contribution in [0.15, 0.2) is 212 Å². The zero-order valence-corrected chi connectivity index (χ0v) is 34.2. The van der Waals surface area contributed by atoms with Crippen molar-refractivity contribution in [2.45, 2.75) is 26.2 Å². The van der Waals surface area contributed by atoms with Crippen molar-refractivity contribution < 1.29 is 29.9 Å². The first-order valence-corrected chi connectivity index (χ1v) is 20.2. The highest BCUT2D eigenvalue weighted by molar-refractivity contribution is 6.09. The third-order valence-corrected chi connectivity index (χ3v) is 11.0. The Labute approximate surface area is 388 Å². The number of fused-ring (bicyclic) bond motifs is 4.